The number of ether oxygens (including phenoxy) is 1. The second kappa shape index (κ2) is 10.8. The summed E-state index contributed by atoms with van der Waals surface area (Å²) in [7, 11) is 0. The molecule has 2 saturated heterocycles. The maximum absolute atomic E-state index is 12.8. The summed E-state index contributed by atoms with van der Waals surface area (Å²) in [6.45, 7) is 3.54. The van der Waals surface area contributed by atoms with E-state index in [1.165, 1.54) is 44.0 Å². The number of nitrogens with zero attached hydrogens (tertiary/aromatic N) is 5. The fraction of sp³-hybridized carbons (Fsp3) is 0.621. The molecule has 192 valence electrons. The van der Waals surface area contributed by atoms with Crippen LogP contribution in [-0.2, 0) is 16.1 Å². The second-order valence-electron chi connectivity index (χ2n) is 11.2. The molecule has 36 heavy (non-hydrogen) atoms. The van der Waals surface area contributed by atoms with Crippen molar-refractivity contribution in [3.05, 3.63) is 36.8 Å². The van der Waals surface area contributed by atoms with E-state index in [1.807, 2.05) is 17.1 Å². The van der Waals surface area contributed by atoms with Gasteiger partial charge in [0.05, 0.1) is 17.9 Å². The Labute approximate surface area is 213 Å². The molecule has 1 unspecified atom stereocenters. The summed E-state index contributed by atoms with van der Waals surface area (Å²) in [5.41, 5.74) is 3.45. The zero-order valence-electron chi connectivity index (χ0n) is 21.4. The highest BCUT2D eigenvalue weighted by atomic mass is 16.5. The topological polar surface area (TPSA) is 65.2 Å². The van der Waals surface area contributed by atoms with Crippen LogP contribution in [0.1, 0.15) is 76.9 Å². The number of hydrogen-bond acceptors (Lipinski definition) is 4. The summed E-state index contributed by atoms with van der Waals surface area (Å²) in [5.74, 6) is 1.58. The van der Waals surface area contributed by atoms with Crippen LogP contribution >= 0.6 is 0 Å². The van der Waals surface area contributed by atoms with E-state index in [1.54, 1.807) is 0 Å². The van der Waals surface area contributed by atoms with Gasteiger partial charge in [-0.1, -0.05) is 25.3 Å². The third-order valence-electron chi connectivity index (χ3n) is 8.61. The number of aromatic nitrogens is 4. The Kier molecular flexibility index (Phi) is 7.08. The first kappa shape index (κ1) is 23.7. The average Bonchev–Trinajstić information content (AvgIpc) is 3.58. The number of amides is 1. The lowest BCUT2D eigenvalue weighted by molar-refractivity contribution is -0.133. The number of carbonyl (C=O) groups excluding carboxylic acids is 1. The van der Waals surface area contributed by atoms with E-state index in [0.29, 0.717) is 17.7 Å². The van der Waals surface area contributed by atoms with Crippen LogP contribution in [0, 0.1) is 11.8 Å². The van der Waals surface area contributed by atoms with Gasteiger partial charge < -0.3 is 9.64 Å². The number of piperidine rings is 1. The molecule has 0 spiro atoms. The lowest BCUT2D eigenvalue weighted by atomic mass is 9.86. The van der Waals surface area contributed by atoms with E-state index in [2.05, 4.69) is 39.1 Å². The number of carbonyl (C=O) groups is 1. The molecule has 4 heterocycles. The molecule has 1 aromatic carbocycles. The second-order valence-corrected chi connectivity index (χ2v) is 11.2. The highest BCUT2D eigenvalue weighted by Crippen LogP contribution is 2.30. The Morgan fingerprint density at radius 3 is 2.53 bits per heavy atom. The van der Waals surface area contributed by atoms with E-state index in [4.69, 9.17) is 9.84 Å². The van der Waals surface area contributed by atoms with E-state index >= 15 is 0 Å². The molecule has 1 amide bonds. The van der Waals surface area contributed by atoms with Gasteiger partial charge in [-0.2, -0.15) is 10.2 Å². The van der Waals surface area contributed by atoms with Crippen LogP contribution in [0.15, 0.2) is 36.8 Å². The molecule has 3 aromatic rings. The average molecular weight is 490 g/mol. The quantitative estimate of drug-likeness (QED) is 0.438. The Morgan fingerprint density at radius 1 is 0.889 bits per heavy atom. The van der Waals surface area contributed by atoms with Crippen molar-refractivity contribution in [2.45, 2.75) is 83.4 Å². The van der Waals surface area contributed by atoms with Gasteiger partial charge in [-0.15, -0.1) is 0 Å². The van der Waals surface area contributed by atoms with Gasteiger partial charge in [-0.05, 0) is 74.5 Å². The molecule has 1 atom stereocenters. The molecule has 2 aliphatic heterocycles. The molecule has 7 nitrogen and oxygen atoms in total. The highest BCUT2D eigenvalue weighted by Gasteiger charge is 2.26. The van der Waals surface area contributed by atoms with Crippen molar-refractivity contribution in [3.8, 4) is 11.1 Å². The number of hydrogen-bond donors (Lipinski definition) is 0. The number of rotatable bonds is 6. The van der Waals surface area contributed by atoms with Crippen molar-refractivity contribution in [2.24, 2.45) is 11.8 Å². The Bertz CT molecular complexity index is 1160. The minimum atomic E-state index is 0.0629. The largest absolute Gasteiger partial charge is 0.357 e. The third-order valence-corrected chi connectivity index (χ3v) is 8.61. The van der Waals surface area contributed by atoms with Crippen molar-refractivity contribution in [3.63, 3.8) is 0 Å². The van der Waals surface area contributed by atoms with Crippen molar-refractivity contribution in [2.75, 3.05) is 19.7 Å². The molecule has 0 bridgehead atoms. The Morgan fingerprint density at radius 2 is 1.72 bits per heavy atom. The van der Waals surface area contributed by atoms with Crippen LogP contribution in [0.4, 0.5) is 0 Å². The first-order valence-electron chi connectivity index (χ1n) is 14.1. The SMILES string of the molecule is O=C(CC1CCCCC1)N1CCC(Cn2ncc3cc(-c4cnn(C5CCCCO5)c4)ccc32)CC1. The summed E-state index contributed by atoms with van der Waals surface area (Å²) in [6.07, 6.45) is 18.8. The number of fused-ring (bicyclic) bond motifs is 1. The van der Waals surface area contributed by atoms with E-state index in [-0.39, 0.29) is 6.23 Å². The van der Waals surface area contributed by atoms with Crippen molar-refractivity contribution >= 4 is 16.8 Å². The first-order chi connectivity index (χ1) is 17.7. The molecule has 3 aliphatic rings. The predicted octanol–water partition coefficient (Wildman–Crippen LogP) is 5.81. The summed E-state index contributed by atoms with van der Waals surface area (Å²) in [5, 5.41) is 10.5. The molecule has 1 aliphatic carbocycles. The maximum atomic E-state index is 12.8. The van der Waals surface area contributed by atoms with Gasteiger partial charge in [-0.25, -0.2) is 4.68 Å². The molecule has 1 saturated carbocycles. The van der Waals surface area contributed by atoms with Crippen LogP contribution in [0.3, 0.4) is 0 Å². The normalized spacial score (nSPS) is 22.3. The van der Waals surface area contributed by atoms with Gasteiger partial charge in [0.15, 0.2) is 0 Å². The zero-order chi connectivity index (χ0) is 24.3. The molecule has 6 rings (SSSR count). The molecule has 0 radical (unpaired) electrons. The van der Waals surface area contributed by atoms with E-state index in [0.717, 1.165) is 74.9 Å². The van der Waals surface area contributed by atoms with Crippen molar-refractivity contribution < 1.29 is 9.53 Å². The monoisotopic (exact) mass is 489 g/mol. The molecular weight excluding hydrogens is 450 g/mol. The van der Waals surface area contributed by atoms with Crippen molar-refractivity contribution in [1.29, 1.82) is 0 Å². The molecule has 3 fully saturated rings. The van der Waals surface area contributed by atoms with E-state index < -0.39 is 0 Å². The predicted molar refractivity (Wildman–Crippen MR) is 140 cm³/mol. The summed E-state index contributed by atoms with van der Waals surface area (Å²) in [6, 6.07) is 6.58. The standard InChI is InChI=1S/C29H39N5O2/c35-28(16-22-6-2-1-3-7-22)32-13-11-23(12-14-32)20-33-27-10-9-24(17-25(27)18-30-33)26-19-31-34(21-26)29-8-4-5-15-36-29/h9-10,17-19,21-23,29H,1-8,11-16,20H2. The van der Waals surface area contributed by atoms with Crippen LogP contribution < -0.4 is 0 Å². The summed E-state index contributed by atoms with van der Waals surface area (Å²) in [4.78, 5) is 14.9. The van der Waals surface area contributed by atoms with Gasteiger partial charge >= 0.3 is 0 Å². The van der Waals surface area contributed by atoms with Crippen molar-refractivity contribution in [1.82, 2.24) is 24.5 Å². The van der Waals surface area contributed by atoms with Crippen LogP contribution in [0.25, 0.3) is 22.0 Å². The zero-order valence-corrected chi connectivity index (χ0v) is 21.4. The Balaban J connectivity index is 1.05. The smallest absolute Gasteiger partial charge is 0.222 e. The van der Waals surface area contributed by atoms with Crippen LogP contribution in [0.2, 0.25) is 0 Å². The first-order valence-corrected chi connectivity index (χ1v) is 14.1. The molecule has 7 heteroatoms. The van der Waals surface area contributed by atoms with Gasteiger partial charge in [0, 0.05) is 49.8 Å². The van der Waals surface area contributed by atoms with Gasteiger partial charge in [-0.3, -0.25) is 9.48 Å². The maximum Gasteiger partial charge on any atom is 0.222 e. The number of benzene rings is 1. The lowest BCUT2D eigenvalue weighted by Gasteiger charge is -2.33. The molecular formula is C29H39N5O2. The van der Waals surface area contributed by atoms with E-state index in [9.17, 15) is 4.79 Å². The van der Waals surface area contributed by atoms with Gasteiger partial charge in [0.2, 0.25) is 5.91 Å². The van der Waals surface area contributed by atoms with Crippen LogP contribution in [0.5, 0.6) is 0 Å². The van der Waals surface area contributed by atoms with Gasteiger partial charge in [0.1, 0.15) is 6.23 Å². The summed E-state index contributed by atoms with van der Waals surface area (Å²) >= 11 is 0. The highest BCUT2D eigenvalue weighted by molar-refractivity contribution is 5.84. The lowest BCUT2D eigenvalue weighted by Crippen LogP contribution is -2.40. The van der Waals surface area contributed by atoms with Crippen LogP contribution in [-0.4, -0.2) is 50.1 Å². The minimum absolute atomic E-state index is 0.0629. The third kappa shape index (κ3) is 5.22. The molecule has 0 N–H and O–H groups in total. The summed E-state index contributed by atoms with van der Waals surface area (Å²) < 4.78 is 10.0. The fourth-order valence-corrected chi connectivity index (χ4v) is 6.37. The Hall–Kier alpha value is -2.67. The minimum Gasteiger partial charge on any atom is -0.357 e. The fourth-order valence-electron chi connectivity index (χ4n) is 6.37. The molecule has 2 aromatic heterocycles. The van der Waals surface area contributed by atoms with Gasteiger partial charge in [0.25, 0.3) is 0 Å². The number of likely N-dealkylation sites (tertiary alicyclic amines) is 1.